The summed E-state index contributed by atoms with van der Waals surface area (Å²) in [4.78, 5) is 21.6. The number of nitrogens with zero attached hydrogens (tertiary/aromatic N) is 1. The second kappa shape index (κ2) is 3.91. The van der Waals surface area contributed by atoms with Crippen molar-refractivity contribution in [2.75, 3.05) is 26.9 Å². The molecule has 0 aromatic carbocycles. The van der Waals surface area contributed by atoms with E-state index in [-0.39, 0.29) is 12.5 Å². The lowest BCUT2D eigenvalue weighted by Crippen LogP contribution is -2.44. The molecule has 1 aliphatic heterocycles. The SMILES string of the molecule is COCC(=O)NN1CCOC1=O. The number of methoxy groups -OCH3 is 1. The molecule has 1 saturated heterocycles. The molecule has 0 radical (unpaired) electrons. The predicted octanol–water partition coefficient (Wildman–Crippen LogP) is -0.884. The van der Waals surface area contributed by atoms with E-state index >= 15 is 0 Å². The quantitative estimate of drug-likeness (QED) is 0.603. The Bertz CT molecular complexity index is 194. The lowest BCUT2D eigenvalue weighted by Gasteiger charge is -2.12. The number of hydrogen-bond donors (Lipinski definition) is 1. The third-order valence-electron chi connectivity index (χ3n) is 1.30. The van der Waals surface area contributed by atoms with Crippen molar-refractivity contribution >= 4 is 12.0 Å². The largest absolute Gasteiger partial charge is 0.446 e. The molecule has 68 valence electrons. The molecule has 0 spiro atoms. The van der Waals surface area contributed by atoms with Gasteiger partial charge in [0.05, 0.1) is 6.54 Å². The first-order valence-electron chi connectivity index (χ1n) is 3.46. The van der Waals surface area contributed by atoms with Gasteiger partial charge in [-0.1, -0.05) is 0 Å². The van der Waals surface area contributed by atoms with Gasteiger partial charge >= 0.3 is 6.09 Å². The highest BCUT2D eigenvalue weighted by molar-refractivity contribution is 5.80. The third kappa shape index (κ3) is 2.09. The molecule has 1 fully saturated rings. The van der Waals surface area contributed by atoms with E-state index in [0.29, 0.717) is 13.2 Å². The van der Waals surface area contributed by atoms with Crippen molar-refractivity contribution in [3.05, 3.63) is 0 Å². The van der Waals surface area contributed by atoms with Crippen LogP contribution in [-0.2, 0) is 14.3 Å². The standard InChI is InChI=1S/C6H10N2O4/c1-11-4-5(9)7-8-2-3-12-6(8)10/h2-4H2,1H3,(H,7,9). The van der Waals surface area contributed by atoms with Crippen LogP contribution in [0.1, 0.15) is 0 Å². The number of amides is 2. The summed E-state index contributed by atoms with van der Waals surface area (Å²) in [6.45, 7) is 0.629. The minimum Gasteiger partial charge on any atom is -0.446 e. The lowest BCUT2D eigenvalue weighted by atomic mass is 10.6. The summed E-state index contributed by atoms with van der Waals surface area (Å²) in [6, 6.07) is 0. The molecule has 1 aliphatic rings. The van der Waals surface area contributed by atoms with Gasteiger partial charge in [0, 0.05) is 7.11 Å². The van der Waals surface area contributed by atoms with Crippen LogP contribution in [0.15, 0.2) is 0 Å². The number of hydrazine groups is 1. The van der Waals surface area contributed by atoms with E-state index in [2.05, 4.69) is 14.9 Å². The Kier molecular flexibility index (Phi) is 2.87. The van der Waals surface area contributed by atoms with Crippen LogP contribution in [-0.4, -0.2) is 43.9 Å². The molecule has 1 heterocycles. The first-order chi connectivity index (χ1) is 5.74. The highest BCUT2D eigenvalue weighted by Gasteiger charge is 2.23. The summed E-state index contributed by atoms with van der Waals surface area (Å²) in [7, 11) is 1.40. The molecule has 0 aromatic rings. The van der Waals surface area contributed by atoms with E-state index in [1.54, 1.807) is 0 Å². The van der Waals surface area contributed by atoms with Crippen LogP contribution in [0.5, 0.6) is 0 Å². The predicted molar refractivity (Wildman–Crippen MR) is 38.1 cm³/mol. The Labute approximate surface area is 69.4 Å². The van der Waals surface area contributed by atoms with Crippen LogP contribution in [0.4, 0.5) is 4.79 Å². The van der Waals surface area contributed by atoms with Gasteiger partial charge in [0.15, 0.2) is 0 Å². The summed E-state index contributed by atoms with van der Waals surface area (Å²) in [6.07, 6.45) is -0.528. The van der Waals surface area contributed by atoms with E-state index in [0.717, 1.165) is 5.01 Å². The zero-order valence-electron chi connectivity index (χ0n) is 6.70. The number of rotatable bonds is 3. The molecule has 1 N–H and O–H groups in total. The molecule has 0 bridgehead atoms. The minimum absolute atomic E-state index is 0.0657. The van der Waals surface area contributed by atoms with Crippen molar-refractivity contribution in [2.24, 2.45) is 0 Å². The summed E-state index contributed by atoms with van der Waals surface area (Å²) in [5.41, 5.74) is 2.32. The van der Waals surface area contributed by atoms with Crippen LogP contribution in [0.3, 0.4) is 0 Å². The summed E-state index contributed by atoms with van der Waals surface area (Å²) < 4.78 is 9.13. The number of carbonyl (C=O) groups is 2. The van der Waals surface area contributed by atoms with Crippen LogP contribution in [0, 0.1) is 0 Å². The molecule has 6 heteroatoms. The van der Waals surface area contributed by atoms with Gasteiger partial charge in [0.1, 0.15) is 13.2 Å². The van der Waals surface area contributed by atoms with Crippen molar-refractivity contribution in [3.63, 3.8) is 0 Å². The van der Waals surface area contributed by atoms with Crippen molar-refractivity contribution in [2.45, 2.75) is 0 Å². The third-order valence-corrected chi connectivity index (χ3v) is 1.30. The van der Waals surface area contributed by atoms with Crippen LogP contribution in [0.2, 0.25) is 0 Å². The molecular formula is C6H10N2O4. The van der Waals surface area contributed by atoms with Gasteiger partial charge in [0.25, 0.3) is 5.91 Å². The normalized spacial score (nSPS) is 16.1. The molecule has 0 atom stereocenters. The second-order valence-electron chi connectivity index (χ2n) is 2.23. The van der Waals surface area contributed by atoms with Gasteiger partial charge in [-0.3, -0.25) is 10.2 Å². The number of nitrogens with one attached hydrogen (secondary N) is 1. The van der Waals surface area contributed by atoms with E-state index < -0.39 is 6.09 Å². The molecule has 0 saturated carbocycles. The van der Waals surface area contributed by atoms with E-state index in [4.69, 9.17) is 0 Å². The molecule has 2 amide bonds. The Morgan fingerprint density at radius 3 is 3.08 bits per heavy atom. The zero-order chi connectivity index (χ0) is 8.97. The topological polar surface area (TPSA) is 67.9 Å². The lowest BCUT2D eigenvalue weighted by molar-refractivity contribution is -0.128. The number of cyclic esters (lactones) is 1. The monoisotopic (exact) mass is 174 g/mol. The number of carbonyl (C=O) groups excluding carboxylic acids is 2. The molecular weight excluding hydrogens is 164 g/mol. The van der Waals surface area contributed by atoms with E-state index in [1.807, 2.05) is 0 Å². The van der Waals surface area contributed by atoms with Crippen molar-refractivity contribution in [3.8, 4) is 0 Å². The van der Waals surface area contributed by atoms with Gasteiger partial charge in [-0.05, 0) is 0 Å². The fraction of sp³-hybridized carbons (Fsp3) is 0.667. The van der Waals surface area contributed by atoms with Crippen LogP contribution >= 0.6 is 0 Å². The summed E-state index contributed by atoms with van der Waals surface area (Å²) >= 11 is 0. The molecule has 1 rings (SSSR count). The average Bonchev–Trinajstić information content (AvgIpc) is 2.37. The molecule has 6 nitrogen and oxygen atoms in total. The van der Waals surface area contributed by atoms with Crippen molar-refractivity contribution < 1.29 is 19.1 Å². The Morgan fingerprint density at radius 1 is 1.83 bits per heavy atom. The van der Waals surface area contributed by atoms with Crippen LogP contribution in [0.25, 0.3) is 0 Å². The van der Waals surface area contributed by atoms with Gasteiger partial charge in [-0.2, -0.15) is 0 Å². The summed E-state index contributed by atoms with van der Waals surface area (Å²) in [5.74, 6) is -0.364. The van der Waals surface area contributed by atoms with Gasteiger partial charge in [-0.25, -0.2) is 9.80 Å². The highest BCUT2D eigenvalue weighted by Crippen LogP contribution is 1.98. The fourth-order valence-electron chi connectivity index (χ4n) is 0.809. The Morgan fingerprint density at radius 2 is 2.58 bits per heavy atom. The molecule has 0 aliphatic carbocycles. The number of hydrogen-bond acceptors (Lipinski definition) is 4. The maximum atomic E-state index is 10.9. The first kappa shape index (κ1) is 8.79. The van der Waals surface area contributed by atoms with E-state index in [1.165, 1.54) is 7.11 Å². The van der Waals surface area contributed by atoms with Crippen molar-refractivity contribution in [1.29, 1.82) is 0 Å². The average molecular weight is 174 g/mol. The molecule has 12 heavy (non-hydrogen) atoms. The Hall–Kier alpha value is -1.30. The number of ether oxygens (including phenoxy) is 2. The van der Waals surface area contributed by atoms with Crippen molar-refractivity contribution in [1.82, 2.24) is 10.4 Å². The molecule has 0 unspecified atom stereocenters. The smallest absolute Gasteiger partial charge is 0.428 e. The van der Waals surface area contributed by atoms with Gasteiger partial charge < -0.3 is 9.47 Å². The minimum atomic E-state index is -0.528. The highest BCUT2D eigenvalue weighted by atomic mass is 16.6. The summed E-state index contributed by atoms with van der Waals surface area (Å²) in [5, 5.41) is 1.11. The maximum absolute atomic E-state index is 10.9. The maximum Gasteiger partial charge on any atom is 0.428 e. The van der Waals surface area contributed by atoms with E-state index in [9.17, 15) is 9.59 Å². The first-order valence-corrected chi connectivity index (χ1v) is 3.46. The zero-order valence-corrected chi connectivity index (χ0v) is 6.70. The van der Waals surface area contributed by atoms with Crippen LogP contribution < -0.4 is 5.43 Å². The van der Waals surface area contributed by atoms with Gasteiger partial charge in [0.2, 0.25) is 0 Å². The van der Waals surface area contributed by atoms with Gasteiger partial charge in [-0.15, -0.1) is 0 Å². The fourth-order valence-corrected chi connectivity index (χ4v) is 0.809. The molecule has 0 aromatic heterocycles. The Balaban J connectivity index is 2.30. The second-order valence-corrected chi connectivity index (χ2v) is 2.23.